The first-order valence-corrected chi connectivity index (χ1v) is 11.1. The van der Waals surface area contributed by atoms with Crippen molar-refractivity contribution in [2.45, 2.75) is 50.8 Å². The molecule has 6 heteroatoms. The number of benzene rings is 2. The molecule has 0 bridgehead atoms. The molecule has 0 spiro atoms. The number of ether oxygens (including phenoxy) is 3. The number of hydrogen-bond acceptors (Lipinski definition) is 5. The first kappa shape index (κ1) is 19.6. The SMILES string of the molecule is COc1ccc(C2=NN3[C@@H](C2)c2cc(Cl)ccc2O[C@H]3C2CCCCC2)cc1OC. The van der Waals surface area contributed by atoms with Crippen molar-refractivity contribution in [1.29, 1.82) is 0 Å². The molecule has 1 fully saturated rings. The lowest BCUT2D eigenvalue weighted by Crippen LogP contribution is -2.45. The van der Waals surface area contributed by atoms with E-state index in [1.165, 1.54) is 32.1 Å². The normalized spacial score (nSPS) is 23.3. The van der Waals surface area contributed by atoms with Gasteiger partial charge >= 0.3 is 0 Å². The van der Waals surface area contributed by atoms with Gasteiger partial charge in [-0.25, -0.2) is 5.01 Å². The Morgan fingerprint density at radius 2 is 1.80 bits per heavy atom. The van der Waals surface area contributed by atoms with E-state index in [2.05, 4.69) is 5.01 Å². The van der Waals surface area contributed by atoms with Crippen molar-refractivity contribution >= 4 is 17.3 Å². The van der Waals surface area contributed by atoms with Crippen molar-refractivity contribution in [3.63, 3.8) is 0 Å². The minimum absolute atomic E-state index is 0.0263. The van der Waals surface area contributed by atoms with E-state index >= 15 is 0 Å². The molecule has 2 aromatic rings. The molecule has 1 saturated carbocycles. The average Bonchev–Trinajstić information content (AvgIpc) is 3.24. The fourth-order valence-electron chi connectivity index (χ4n) is 5.01. The molecule has 0 N–H and O–H groups in total. The minimum Gasteiger partial charge on any atom is -0.493 e. The third kappa shape index (κ3) is 3.39. The smallest absolute Gasteiger partial charge is 0.190 e. The quantitative estimate of drug-likeness (QED) is 0.619. The molecule has 0 unspecified atom stereocenters. The second kappa shape index (κ2) is 8.03. The summed E-state index contributed by atoms with van der Waals surface area (Å²) in [6, 6.07) is 12.1. The molecule has 1 aliphatic carbocycles. The van der Waals surface area contributed by atoms with Crippen LogP contribution in [-0.2, 0) is 0 Å². The Labute approximate surface area is 182 Å². The van der Waals surface area contributed by atoms with Crippen LogP contribution in [0, 0.1) is 5.92 Å². The van der Waals surface area contributed by atoms with Gasteiger partial charge in [0.2, 0.25) is 0 Å². The lowest BCUT2D eigenvalue weighted by Gasteiger charge is -2.42. The molecule has 2 heterocycles. The summed E-state index contributed by atoms with van der Waals surface area (Å²) < 4.78 is 17.4. The molecule has 2 aliphatic heterocycles. The number of nitrogens with zero attached hydrogens (tertiary/aromatic N) is 2. The highest BCUT2D eigenvalue weighted by atomic mass is 35.5. The van der Waals surface area contributed by atoms with Crippen LogP contribution in [-0.4, -0.2) is 31.2 Å². The lowest BCUT2D eigenvalue weighted by molar-refractivity contribution is -0.0643. The zero-order chi connectivity index (χ0) is 20.7. The summed E-state index contributed by atoms with van der Waals surface area (Å²) in [5.41, 5.74) is 3.21. The first-order chi connectivity index (χ1) is 14.7. The van der Waals surface area contributed by atoms with Crippen LogP contribution in [0.5, 0.6) is 17.2 Å². The van der Waals surface area contributed by atoms with E-state index in [0.717, 1.165) is 39.8 Å². The second-order valence-electron chi connectivity index (χ2n) is 8.31. The van der Waals surface area contributed by atoms with E-state index in [9.17, 15) is 0 Å². The predicted octanol–water partition coefficient (Wildman–Crippen LogP) is 5.81. The molecule has 0 aromatic heterocycles. The van der Waals surface area contributed by atoms with Crippen LogP contribution >= 0.6 is 11.6 Å². The molecule has 2 aromatic carbocycles. The Morgan fingerprint density at radius 3 is 2.57 bits per heavy atom. The van der Waals surface area contributed by atoms with Gasteiger partial charge < -0.3 is 14.2 Å². The Morgan fingerprint density at radius 1 is 1.00 bits per heavy atom. The summed E-state index contributed by atoms with van der Waals surface area (Å²) in [5, 5.41) is 8.01. The molecule has 158 valence electrons. The topological polar surface area (TPSA) is 43.3 Å². The van der Waals surface area contributed by atoms with Crippen LogP contribution in [0.25, 0.3) is 0 Å². The standard InChI is InChI=1S/C24H27ClN2O3/c1-28-22-10-8-16(12-23(22)29-2)19-14-20-18-13-17(25)9-11-21(18)30-24(27(20)26-19)15-6-4-3-5-7-15/h8-13,15,20,24H,3-7,14H2,1-2H3/t20-,24-/m0/s1. The van der Waals surface area contributed by atoms with Gasteiger partial charge in [0, 0.05) is 28.5 Å². The van der Waals surface area contributed by atoms with Crippen LogP contribution in [0.2, 0.25) is 5.02 Å². The highest BCUT2D eigenvalue weighted by Gasteiger charge is 2.43. The summed E-state index contributed by atoms with van der Waals surface area (Å²) in [5.74, 6) is 2.88. The third-order valence-electron chi connectivity index (χ3n) is 6.55. The monoisotopic (exact) mass is 426 g/mol. The van der Waals surface area contributed by atoms with Gasteiger partial charge in [0.15, 0.2) is 17.7 Å². The predicted molar refractivity (Wildman–Crippen MR) is 118 cm³/mol. The van der Waals surface area contributed by atoms with Gasteiger partial charge in [-0.2, -0.15) is 5.10 Å². The molecule has 3 aliphatic rings. The fraction of sp³-hybridized carbons (Fsp3) is 0.458. The number of hydrogen-bond donors (Lipinski definition) is 0. The highest BCUT2D eigenvalue weighted by molar-refractivity contribution is 6.30. The largest absolute Gasteiger partial charge is 0.493 e. The number of methoxy groups -OCH3 is 2. The Bertz CT molecular complexity index is 971. The first-order valence-electron chi connectivity index (χ1n) is 10.7. The molecule has 30 heavy (non-hydrogen) atoms. The van der Waals surface area contributed by atoms with Crippen molar-refractivity contribution in [2.24, 2.45) is 11.0 Å². The van der Waals surface area contributed by atoms with Gasteiger partial charge in [-0.05, 0) is 49.2 Å². The van der Waals surface area contributed by atoms with E-state index in [1.807, 2.05) is 36.4 Å². The number of hydrazone groups is 1. The lowest BCUT2D eigenvalue weighted by atomic mass is 9.86. The van der Waals surface area contributed by atoms with Gasteiger partial charge in [0.25, 0.3) is 0 Å². The molecule has 2 atom stereocenters. The van der Waals surface area contributed by atoms with E-state index < -0.39 is 0 Å². The highest BCUT2D eigenvalue weighted by Crippen LogP contribution is 2.47. The van der Waals surface area contributed by atoms with E-state index in [4.69, 9.17) is 30.9 Å². The van der Waals surface area contributed by atoms with Crippen molar-refractivity contribution in [3.8, 4) is 17.2 Å². The van der Waals surface area contributed by atoms with Crippen LogP contribution in [0.15, 0.2) is 41.5 Å². The van der Waals surface area contributed by atoms with Gasteiger partial charge in [-0.15, -0.1) is 0 Å². The number of fused-ring (bicyclic) bond motifs is 3. The molecular weight excluding hydrogens is 400 g/mol. The number of halogens is 1. The Kier molecular flexibility index (Phi) is 5.23. The third-order valence-corrected chi connectivity index (χ3v) is 6.79. The van der Waals surface area contributed by atoms with Crippen LogP contribution in [0.4, 0.5) is 0 Å². The number of rotatable bonds is 4. The maximum Gasteiger partial charge on any atom is 0.190 e. The zero-order valence-electron chi connectivity index (χ0n) is 17.4. The molecule has 0 saturated heterocycles. The Balaban J connectivity index is 1.53. The van der Waals surface area contributed by atoms with E-state index in [0.29, 0.717) is 11.7 Å². The van der Waals surface area contributed by atoms with Crippen LogP contribution < -0.4 is 14.2 Å². The molecule has 5 rings (SSSR count). The summed E-state index contributed by atoms with van der Waals surface area (Å²) in [4.78, 5) is 0. The molecule has 0 radical (unpaired) electrons. The maximum absolute atomic E-state index is 6.52. The molecule has 5 nitrogen and oxygen atoms in total. The van der Waals surface area contributed by atoms with Crippen LogP contribution in [0.1, 0.15) is 55.7 Å². The van der Waals surface area contributed by atoms with Gasteiger partial charge in [0.1, 0.15) is 5.75 Å². The zero-order valence-corrected chi connectivity index (χ0v) is 18.2. The van der Waals surface area contributed by atoms with E-state index in [-0.39, 0.29) is 12.3 Å². The van der Waals surface area contributed by atoms with Crippen molar-refractivity contribution < 1.29 is 14.2 Å². The summed E-state index contributed by atoms with van der Waals surface area (Å²) >= 11 is 6.34. The summed E-state index contributed by atoms with van der Waals surface area (Å²) in [6.07, 6.45) is 7.03. The van der Waals surface area contributed by atoms with Gasteiger partial charge in [-0.1, -0.05) is 30.9 Å². The molecule has 0 amide bonds. The van der Waals surface area contributed by atoms with Gasteiger partial charge in [0.05, 0.1) is 26.0 Å². The van der Waals surface area contributed by atoms with Crippen molar-refractivity contribution in [1.82, 2.24) is 5.01 Å². The van der Waals surface area contributed by atoms with E-state index in [1.54, 1.807) is 14.2 Å². The average molecular weight is 427 g/mol. The minimum atomic E-state index is -0.0263. The van der Waals surface area contributed by atoms with Gasteiger partial charge in [-0.3, -0.25) is 0 Å². The Hall–Kier alpha value is -2.40. The van der Waals surface area contributed by atoms with Crippen molar-refractivity contribution in [3.05, 3.63) is 52.5 Å². The summed E-state index contributed by atoms with van der Waals surface area (Å²) in [6.45, 7) is 0. The fourth-order valence-corrected chi connectivity index (χ4v) is 5.19. The maximum atomic E-state index is 6.52. The van der Waals surface area contributed by atoms with Crippen LogP contribution in [0.3, 0.4) is 0 Å². The summed E-state index contributed by atoms with van der Waals surface area (Å²) in [7, 11) is 3.31. The second-order valence-corrected chi connectivity index (χ2v) is 8.74. The molecular formula is C24H27ClN2O3. The van der Waals surface area contributed by atoms with Crippen molar-refractivity contribution in [2.75, 3.05) is 14.2 Å².